The molecule has 2 fully saturated rings. The predicted molar refractivity (Wildman–Crippen MR) is 149 cm³/mol. The first-order valence-electron chi connectivity index (χ1n) is 14.6. The smallest absolute Gasteiger partial charge is 0.191 e. The Morgan fingerprint density at radius 2 is 1.29 bits per heavy atom. The maximum Gasteiger partial charge on any atom is 0.191 e. The molecule has 2 saturated carbocycles. The molecular formula is C31H47N3O. The summed E-state index contributed by atoms with van der Waals surface area (Å²) < 4.78 is 6.08. The molecule has 0 bridgehead atoms. The highest BCUT2D eigenvalue weighted by atomic mass is 16.5. The maximum atomic E-state index is 6.08. The van der Waals surface area contributed by atoms with Gasteiger partial charge in [0.2, 0.25) is 0 Å². The van der Waals surface area contributed by atoms with Crippen molar-refractivity contribution in [2.45, 2.75) is 115 Å². The first-order chi connectivity index (χ1) is 17.4. The molecule has 0 radical (unpaired) electrons. The number of fused-ring (bicyclic) bond motifs is 1. The van der Waals surface area contributed by atoms with Crippen molar-refractivity contribution in [1.29, 1.82) is 0 Å². The fourth-order valence-electron chi connectivity index (χ4n) is 5.63. The molecule has 2 aliphatic carbocycles. The van der Waals surface area contributed by atoms with Crippen molar-refractivity contribution in [2.24, 2.45) is 4.99 Å². The zero-order valence-corrected chi connectivity index (χ0v) is 21.8. The number of nitrogens with zero attached hydrogens (tertiary/aromatic N) is 1. The third-order valence-electron chi connectivity index (χ3n) is 7.72. The van der Waals surface area contributed by atoms with E-state index in [9.17, 15) is 0 Å². The minimum atomic E-state index is 0.620. The monoisotopic (exact) mass is 477 g/mol. The maximum absolute atomic E-state index is 6.08. The fraction of sp³-hybridized carbons (Fsp3) is 0.645. The van der Waals surface area contributed by atoms with Gasteiger partial charge in [-0.3, -0.25) is 4.99 Å². The Labute approximate surface area is 213 Å². The molecule has 2 aliphatic rings. The van der Waals surface area contributed by atoms with Crippen LogP contribution in [-0.4, -0.2) is 31.2 Å². The second-order valence-corrected chi connectivity index (χ2v) is 10.6. The summed E-state index contributed by atoms with van der Waals surface area (Å²) in [5.41, 5.74) is 0. The Bertz CT molecular complexity index is 856. The number of aliphatic imine (C=N–C) groups is 1. The minimum Gasteiger partial charge on any atom is -0.493 e. The summed E-state index contributed by atoms with van der Waals surface area (Å²) in [4.78, 5) is 4.99. The van der Waals surface area contributed by atoms with Gasteiger partial charge in [-0.05, 0) is 50.0 Å². The molecule has 0 saturated heterocycles. The van der Waals surface area contributed by atoms with Crippen LogP contribution in [0.4, 0.5) is 0 Å². The number of unbranched alkanes of at least 4 members (excludes halogenated alkanes) is 5. The van der Waals surface area contributed by atoms with Gasteiger partial charge in [0, 0.05) is 24.0 Å². The second-order valence-electron chi connectivity index (χ2n) is 10.6. The van der Waals surface area contributed by atoms with Gasteiger partial charge in [-0.25, -0.2) is 0 Å². The van der Waals surface area contributed by atoms with Crippen molar-refractivity contribution < 1.29 is 4.74 Å². The number of guanidine groups is 1. The summed E-state index contributed by atoms with van der Waals surface area (Å²) in [7, 11) is 0. The van der Waals surface area contributed by atoms with E-state index < -0.39 is 0 Å². The number of rotatable bonds is 12. The fourth-order valence-corrected chi connectivity index (χ4v) is 5.63. The molecule has 0 heterocycles. The van der Waals surface area contributed by atoms with Crippen molar-refractivity contribution in [3.05, 3.63) is 42.5 Å². The number of hydrogen-bond acceptors (Lipinski definition) is 2. The molecule has 0 aliphatic heterocycles. The van der Waals surface area contributed by atoms with Crippen LogP contribution in [0.3, 0.4) is 0 Å². The first kappa shape index (κ1) is 25.9. The molecule has 4 heteroatoms. The second kappa shape index (κ2) is 15.0. The van der Waals surface area contributed by atoms with Crippen LogP contribution >= 0.6 is 0 Å². The van der Waals surface area contributed by atoms with Crippen molar-refractivity contribution >= 4 is 16.7 Å². The first-order valence-corrected chi connectivity index (χ1v) is 14.6. The van der Waals surface area contributed by atoms with Crippen LogP contribution in [0.15, 0.2) is 47.5 Å². The molecular weight excluding hydrogens is 430 g/mol. The van der Waals surface area contributed by atoms with Gasteiger partial charge in [0.05, 0.1) is 6.61 Å². The summed E-state index contributed by atoms with van der Waals surface area (Å²) in [6, 6.07) is 16.0. The van der Waals surface area contributed by atoms with Crippen LogP contribution in [0.5, 0.6) is 5.75 Å². The largest absolute Gasteiger partial charge is 0.493 e. The van der Waals surface area contributed by atoms with Crippen LogP contribution in [0, 0.1) is 0 Å². The van der Waals surface area contributed by atoms with Crippen LogP contribution in [0.25, 0.3) is 10.8 Å². The van der Waals surface area contributed by atoms with E-state index in [0.29, 0.717) is 12.1 Å². The molecule has 0 unspecified atom stereocenters. The topological polar surface area (TPSA) is 45.6 Å². The van der Waals surface area contributed by atoms with E-state index in [4.69, 9.17) is 9.73 Å². The average molecular weight is 478 g/mol. The van der Waals surface area contributed by atoms with E-state index in [0.717, 1.165) is 31.3 Å². The molecule has 0 aromatic heterocycles. The lowest BCUT2D eigenvalue weighted by molar-refractivity contribution is 0.308. The van der Waals surface area contributed by atoms with Crippen LogP contribution in [0.1, 0.15) is 103 Å². The number of benzene rings is 2. The van der Waals surface area contributed by atoms with Gasteiger partial charge in [0.15, 0.2) is 5.96 Å². The lowest BCUT2D eigenvalue weighted by Crippen LogP contribution is -2.48. The quantitative estimate of drug-likeness (QED) is 0.186. The Morgan fingerprint density at radius 3 is 2.00 bits per heavy atom. The Hall–Kier alpha value is -2.23. The van der Waals surface area contributed by atoms with E-state index >= 15 is 0 Å². The summed E-state index contributed by atoms with van der Waals surface area (Å²) in [6.45, 7) is 1.75. The highest BCUT2D eigenvalue weighted by Crippen LogP contribution is 2.25. The van der Waals surface area contributed by atoms with Gasteiger partial charge in [-0.1, -0.05) is 101 Å². The number of ether oxygens (including phenoxy) is 1. The zero-order chi connectivity index (χ0) is 24.0. The lowest BCUT2D eigenvalue weighted by atomic mass is 9.95. The van der Waals surface area contributed by atoms with Gasteiger partial charge < -0.3 is 15.4 Å². The average Bonchev–Trinajstić information content (AvgIpc) is 2.91. The molecule has 4 nitrogen and oxygen atoms in total. The molecule has 2 aromatic rings. The van der Waals surface area contributed by atoms with Crippen molar-refractivity contribution in [2.75, 3.05) is 13.2 Å². The van der Waals surface area contributed by atoms with Gasteiger partial charge in [-0.15, -0.1) is 0 Å². The molecule has 192 valence electrons. The summed E-state index contributed by atoms with van der Waals surface area (Å²) in [5, 5.41) is 10.0. The van der Waals surface area contributed by atoms with Gasteiger partial charge >= 0.3 is 0 Å². The number of nitrogens with one attached hydrogen (secondary N) is 2. The van der Waals surface area contributed by atoms with E-state index in [1.807, 2.05) is 0 Å². The third-order valence-corrected chi connectivity index (χ3v) is 7.72. The summed E-state index contributed by atoms with van der Waals surface area (Å²) >= 11 is 0. The van der Waals surface area contributed by atoms with Crippen LogP contribution < -0.4 is 15.4 Å². The molecule has 2 N–H and O–H groups in total. The third kappa shape index (κ3) is 9.05. The number of hydrogen-bond donors (Lipinski definition) is 2. The lowest BCUT2D eigenvalue weighted by Gasteiger charge is -2.29. The normalized spacial score (nSPS) is 17.3. The van der Waals surface area contributed by atoms with E-state index in [-0.39, 0.29) is 0 Å². The standard InChI is InChI=1S/C31H47N3O/c1(2-4-14-25-35-30-23-15-17-26-16-11-12-22-29(26)30)3-13-24-32-31(33-27-18-7-5-8-19-27)34-28-20-9-6-10-21-28/h11-12,15-17,22-23,27-28H,1-10,13-14,18-21,24-25H2,(H2,32,33,34). The minimum absolute atomic E-state index is 0.620. The molecule has 0 amide bonds. The highest BCUT2D eigenvalue weighted by molar-refractivity contribution is 5.88. The molecule has 4 rings (SSSR count). The molecule has 0 spiro atoms. The van der Waals surface area contributed by atoms with Crippen LogP contribution in [0.2, 0.25) is 0 Å². The molecule has 0 atom stereocenters. The SMILES string of the molecule is c1ccc2c(OCCCCCCCCN=C(NC3CCCCC3)NC3CCCCC3)cccc2c1. The van der Waals surface area contributed by atoms with Crippen molar-refractivity contribution in [3.8, 4) is 5.75 Å². The summed E-state index contributed by atoms with van der Waals surface area (Å²) in [6.07, 6.45) is 20.9. The van der Waals surface area contributed by atoms with Crippen molar-refractivity contribution in [1.82, 2.24) is 10.6 Å². The molecule has 35 heavy (non-hydrogen) atoms. The zero-order valence-electron chi connectivity index (χ0n) is 21.8. The van der Waals surface area contributed by atoms with E-state index in [1.165, 1.54) is 107 Å². The Morgan fingerprint density at radius 1 is 0.686 bits per heavy atom. The van der Waals surface area contributed by atoms with Gasteiger partial charge in [-0.2, -0.15) is 0 Å². The molecule has 2 aromatic carbocycles. The Kier molecular flexibility index (Phi) is 11.1. The van der Waals surface area contributed by atoms with E-state index in [1.54, 1.807) is 0 Å². The highest BCUT2D eigenvalue weighted by Gasteiger charge is 2.18. The Balaban J connectivity index is 1.09. The van der Waals surface area contributed by atoms with E-state index in [2.05, 4.69) is 53.1 Å². The predicted octanol–water partition coefficient (Wildman–Crippen LogP) is 7.76. The summed E-state index contributed by atoms with van der Waals surface area (Å²) in [5.74, 6) is 2.11. The van der Waals surface area contributed by atoms with Crippen molar-refractivity contribution in [3.63, 3.8) is 0 Å². The van der Waals surface area contributed by atoms with Gasteiger partial charge in [0.1, 0.15) is 5.75 Å². The van der Waals surface area contributed by atoms with Crippen LogP contribution in [-0.2, 0) is 0 Å². The van der Waals surface area contributed by atoms with Gasteiger partial charge in [0.25, 0.3) is 0 Å².